The maximum absolute atomic E-state index is 13.1. The lowest BCUT2D eigenvalue weighted by Gasteiger charge is -2.55. The van der Waals surface area contributed by atoms with Gasteiger partial charge in [-0.25, -0.2) is 0 Å². The quantitative estimate of drug-likeness (QED) is 0.802. The number of hydrogen-bond donors (Lipinski definition) is 2. The third kappa shape index (κ3) is 2.79. The molecule has 1 aromatic carbocycles. The summed E-state index contributed by atoms with van der Waals surface area (Å²) in [5, 5.41) is 0. The monoisotopic (exact) mass is 366 g/mol. The van der Waals surface area contributed by atoms with Crippen molar-refractivity contribution in [3.63, 3.8) is 0 Å². The Bertz CT molecular complexity index is 753. The van der Waals surface area contributed by atoms with E-state index >= 15 is 0 Å². The number of carbonyl (C=O) groups is 2. The number of aryl methyl sites for hydroxylation is 2. The lowest BCUT2D eigenvalue weighted by atomic mass is 9.49. The Morgan fingerprint density at radius 2 is 1.30 bits per heavy atom. The second-order valence-corrected chi connectivity index (χ2v) is 10.1. The van der Waals surface area contributed by atoms with Crippen molar-refractivity contribution in [1.82, 2.24) is 10.9 Å². The second-order valence-electron chi connectivity index (χ2n) is 10.1. The first-order valence-corrected chi connectivity index (χ1v) is 10.6. The first-order chi connectivity index (χ1) is 12.9. The first kappa shape index (κ1) is 17.3. The van der Waals surface area contributed by atoms with E-state index < -0.39 is 5.41 Å². The van der Waals surface area contributed by atoms with Gasteiger partial charge in [0.15, 0.2) is 0 Å². The molecule has 1 aromatic rings. The smallest absolute Gasteiger partial charge is 0.249 e. The summed E-state index contributed by atoms with van der Waals surface area (Å²) >= 11 is 0. The van der Waals surface area contributed by atoms with Gasteiger partial charge in [-0.2, -0.15) is 0 Å². The molecule has 0 radical (unpaired) electrons. The van der Waals surface area contributed by atoms with E-state index in [1.807, 2.05) is 0 Å². The zero-order chi connectivity index (χ0) is 18.8. The predicted octanol–water partition coefficient (Wildman–Crippen LogP) is 3.70. The molecular formula is C23H30N2O2. The highest BCUT2D eigenvalue weighted by atomic mass is 16.2. The summed E-state index contributed by atoms with van der Waals surface area (Å²) < 4.78 is 0. The van der Waals surface area contributed by atoms with Crippen molar-refractivity contribution in [3.05, 3.63) is 34.9 Å². The Labute approximate surface area is 161 Å². The summed E-state index contributed by atoms with van der Waals surface area (Å²) in [5.74, 6) is 2.19. The number of hydrogen-bond acceptors (Lipinski definition) is 2. The second kappa shape index (κ2) is 5.83. The first-order valence-electron chi connectivity index (χ1n) is 10.6. The molecule has 5 saturated carbocycles. The van der Waals surface area contributed by atoms with Crippen LogP contribution in [0.3, 0.4) is 0 Å². The Balaban J connectivity index is 1.28. The van der Waals surface area contributed by atoms with Crippen LogP contribution in [0, 0.1) is 37.0 Å². The summed E-state index contributed by atoms with van der Waals surface area (Å²) in [6.45, 7) is 4.14. The maximum atomic E-state index is 13.1. The van der Waals surface area contributed by atoms with Crippen molar-refractivity contribution in [2.24, 2.45) is 23.2 Å². The fourth-order valence-corrected chi connectivity index (χ4v) is 6.78. The molecule has 0 atom stereocenters. The maximum Gasteiger partial charge on any atom is 0.249 e. The summed E-state index contributed by atoms with van der Waals surface area (Å²) in [4.78, 5) is 26.0. The number of nitrogens with one attached hydrogen (secondary N) is 2. The van der Waals surface area contributed by atoms with Gasteiger partial charge in [-0.3, -0.25) is 20.4 Å². The van der Waals surface area contributed by atoms with Crippen LogP contribution in [0.2, 0.25) is 0 Å². The molecular weight excluding hydrogens is 336 g/mol. The summed E-state index contributed by atoms with van der Waals surface area (Å²) in [6.07, 6.45) is 8.71. The molecule has 0 saturated heterocycles. The molecule has 5 aliphatic carbocycles. The van der Waals surface area contributed by atoms with Gasteiger partial charge < -0.3 is 0 Å². The molecule has 4 bridgehead atoms. The van der Waals surface area contributed by atoms with E-state index in [0.717, 1.165) is 55.4 Å². The molecule has 0 aliphatic heterocycles. The Morgan fingerprint density at radius 3 is 1.78 bits per heavy atom. The van der Waals surface area contributed by atoms with Crippen LogP contribution >= 0.6 is 0 Å². The Hall–Kier alpha value is -1.84. The molecule has 4 nitrogen and oxygen atoms in total. The predicted molar refractivity (Wildman–Crippen MR) is 104 cm³/mol. The van der Waals surface area contributed by atoms with Crippen LogP contribution in [0.1, 0.15) is 68.1 Å². The molecule has 144 valence electrons. The minimum absolute atomic E-state index is 0.0504. The molecule has 0 heterocycles. The zero-order valence-electron chi connectivity index (χ0n) is 16.4. The molecule has 4 heteroatoms. The molecule has 2 amide bonds. The average Bonchev–Trinajstić information content (AvgIpc) is 3.39. The SMILES string of the molecule is Cc1cc(C)cc(C2(C(=O)NNC(=O)C34CC5CC(CC(C5)C3)C4)CC2)c1. The standard InChI is InChI=1S/C23H30N2O2/c1-14-5-15(2)7-19(6-14)23(3-4-23)21(27)25-24-20(26)22-11-16-8-17(12-22)10-18(9-16)13-22/h5-7,16-18H,3-4,8-13H2,1-2H3,(H,24,26)(H,25,27). The van der Waals surface area contributed by atoms with Gasteiger partial charge in [-0.05, 0) is 88.5 Å². The van der Waals surface area contributed by atoms with Gasteiger partial charge >= 0.3 is 0 Å². The van der Waals surface area contributed by atoms with Gasteiger partial charge in [0.2, 0.25) is 11.8 Å². The van der Waals surface area contributed by atoms with Gasteiger partial charge in [0, 0.05) is 0 Å². The Morgan fingerprint density at radius 1 is 0.815 bits per heavy atom. The molecule has 27 heavy (non-hydrogen) atoms. The van der Waals surface area contributed by atoms with E-state index in [2.05, 4.69) is 42.9 Å². The number of benzene rings is 1. The summed E-state index contributed by atoms with van der Waals surface area (Å²) in [5.41, 5.74) is 8.43. The van der Waals surface area contributed by atoms with Crippen molar-refractivity contribution in [3.8, 4) is 0 Å². The minimum atomic E-state index is -0.453. The molecule has 2 N–H and O–H groups in total. The highest BCUT2D eigenvalue weighted by Crippen LogP contribution is 2.60. The zero-order valence-corrected chi connectivity index (χ0v) is 16.4. The van der Waals surface area contributed by atoms with Crippen LogP contribution in [0.4, 0.5) is 0 Å². The van der Waals surface area contributed by atoms with Crippen LogP contribution in [-0.4, -0.2) is 11.8 Å². The minimum Gasteiger partial charge on any atom is -0.273 e. The Kier molecular flexibility index (Phi) is 3.73. The third-order valence-corrected chi connectivity index (χ3v) is 7.77. The van der Waals surface area contributed by atoms with Gasteiger partial charge in [0.1, 0.15) is 0 Å². The van der Waals surface area contributed by atoms with Crippen LogP contribution in [0.25, 0.3) is 0 Å². The summed E-state index contributed by atoms with van der Waals surface area (Å²) in [6, 6.07) is 6.35. The lowest BCUT2D eigenvalue weighted by molar-refractivity contribution is -0.149. The largest absolute Gasteiger partial charge is 0.273 e. The van der Waals surface area contributed by atoms with E-state index in [1.165, 1.54) is 30.4 Å². The number of hydrazine groups is 1. The van der Waals surface area contributed by atoms with Crippen LogP contribution in [0.5, 0.6) is 0 Å². The molecule has 5 aliphatic rings. The van der Waals surface area contributed by atoms with Gasteiger partial charge in [0.25, 0.3) is 0 Å². The van der Waals surface area contributed by atoms with E-state index in [1.54, 1.807) is 0 Å². The molecule has 0 aromatic heterocycles. The van der Waals surface area contributed by atoms with E-state index in [0.29, 0.717) is 0 Å². The molecule has 6 rings (SSSR count). The number of amides is 2. The van der Waals surface area contributed by atoms with Crippen molar-refractivity contribution >= 4 is 11.8 Å². The molecule has 5 fully saturated rings. The topological polar surface area (TPSA) is 58.2 Å². The van der Waals surface area contributed by atoms with Gasteiger partial charge in [-0.1, -0.05) is 29.3 Å². The highest BCUT2D eigenvalue weighted by Gasteiger charge is 2.55. The van der Waals surface area contributed by atoms with E-state index in [9.17, 15) is 9.59 Å². The summed E-state index contributed by atoms with van der Waals surface area (Å²) in [7, 11) is 0. The van der Waals surface area contributed by atoms with Crippen molar-refractivity contribution < 1.29 is 9.59 Å². The third-order valence-electron chi connectivity index (χ3n) is 7.77. The van der Waals surface area contributed by atoms with Crippen molar-refractivity contribution in [1.29, 1.82) is 0 Å². The van der Waals surface area contributed by atoms with Gasteiger partial charge in [0.05, 0.1) is 10.8 Å². The number of carbonyl (C=O) groups excluding carboxylic acids is 2. The highest BCUT2D eigenvalue weighted by molar-refractivity contribution is 5.93. The van der Waals surface area contributed by atoms with Gasteiger partial charge in [-0.15, -0.1) is 0 Å². The van der Waals surface area contributed by atoms with E-state index in [-0.39, 0.29) is 17.2 Å². The fourth-order valence-electron chi connectivity index (χ4n) is 6.78. The van der Waals surface area contributed by atoms with E-state index in [4.69, 9.17) is 0 Å². The number of rotatable bonds is 3. The van der Waals surface area contributed by atoms with Crippen LogP contribution < -0.4 is 10.9 Å². The van der Waals surface area contributed by atoms with Crippen LogP contribution in [-0.2, 0) is 15.0 Å². The molecule has 0 unspecified atom stereocenters. The lowest BCUT2D eigenvalue weighted by Crippen LogP contribution is -2.57. The van der Waals surface area contributed by atoms with Crippen molar-refractivity contribution in [2.75, 3.05) is 0 Å². The fraction of sp³-hybridized carbons (Fsp3) is 0.652. The molecule has 0 spiro atoms. The average molecular weight is 367 g/mol. The van der Waals surface area contributed by atoms with Crippen molar-refractivity contribution in [2.45, 2.75) is 70.6 Å². The normalized spacial score (nSPS) is 35.0. The van der Waals surface area contributed by atoms with Crippen LogP contribution in [0.15, 0.2) is 18.2 Å².